The van der Waals surface area contributed by atoms with Gasteiger partial charge in [-0.1, -0.05) is 30.3 Å². The molecule has 0 saturated carbocycles. The average Bonchev–Trinajstić information content (AvgIpc) is 3.16. The van der Waals surface area contributed by atoms with Crippen LogP contribution in [0.25, 0.3) is 10.4 Å². The Labute approximate surface area is 129 Å². The van der Waals surface area contributed by atoms with Crippen LogP contribution in [0.5, 0.6) is 0 Å². The van der Waals surface area contributed by atoms with E-state index in [1.54, 1.807) is 0 Å². The van der Waals surface area contributed by atoms with E-state index in [9.17, 15) is 0 Å². The zero-order valence-electron chi connectivity index (χ0n) is 12.3. The van der Waals surface area contributed by atoms with Crippen molar-refractivity contribution < 1.29 is 0 Å². The molecule has 1 atom stereocenters. The van der Waals surface area contributed by atoms with Crippen LogP contribution in [0.2, 0.25) is 0 Å². The van der Waals surface area contributed by atoms with Gasteiger partial charge in [-0.25, -0.2) is 0 Å². The van der Waals surface area contributed by atoms with Crippen molar-refractivity contribution in [1.29, 1.82) is 0 Å². The molecule has 0 aliphatic rings. The highest BCUT2D eigenvalue weighted by molar-refractivity contribution is 7.15. The van der Waals surface area contributed by atoms with Crippen molar-refractivity contribution in [2.24, 2.45) is 0 Å². The molecule has 0 fully saturated rings. The second-order valence-electron chi connectivity index (χ2n) is 5.12. The number of benzene rings is 1. The Morgan fingerprint density at radius 1 is 1.19 bits per heavy atom. The minimum Gasteiger partial charge on any atom is -0.313 e. The summed E-state index contributed by atoms with van der Waals surface area (Å²) < 4.78 is 1.99. The lowest BCUT2D eigenvalue weighted by molar-refractivity contribution is 0.664. The molecule has 0 aliphatic heterocycles. The van der Waals surface area contributed by atoms with Crippen molar-refractivity contribution in [3.63, 3.8) is 0 Å². The van der Waals surface area contributed by atoms with Gasteiger partial charge in [0, 0.05) is 27.6 Å². The lowest BCUT2D eigenvalue weighted by atomic mass is 10.2. The number of rotatable bonds is 5. The molecule has 21 heavy (non-hydrogen) atoms. The number of nitrogens with one attached hydrogen (secondary N) is 1. The molecule has 3 rings (SSSR count). The van der Waals surface area contributed by atoms with E-state index >= 15 is 0 Å². The van der Waals surface area contributed by atoms with Crippen LogP contribution in [0.3, 0.4) is 0 Å². The molecule has 2 aromatic heterocycles. The molecule has 1 aromatic carbocycles. The molecule has 3 nitrogen and oxygen atoms in total. The second kappa shape index (κ2) is 6.24. The molecule has 108 valence electrons. The van der Waals surface area contributed by atoms with Gasteiger partial charge in [0.1, 0.15) is 0 Å². The zero-order chi connectivity index (χ0) is 14.7. The van der Waals surface area contributed by atoms with Gasteiger partial charge >= 0.3 is 0 Å². The molecule has 2 heterocycles. The first-order valence-electron chi connectivity index (χ1n) is 7.10. The summed E-state index contributed by atoms with van der Waals surface area (Å²) in [7, 11) is 1.99. The van der Waals surface area contributed by atoms with Crippen LogP contribution in [-0.4, -0.2) is 16.8 Å². The standard InChI is InChI=1S/C17H19N3S/c1-13(18-2)16-8-9-17(21-16)15-10-19-20(12-15)11-14-6-4-3-5-7-14/h3-10,12-13,18H,11H2,1-2H3. The van der Waals surface area contributed by atoms with E-state index in [1.165, 1.54) is 20.9 Å². The van der Waals surface area contributed by atoms with Crippen LogP contribution < -0.4 is 5.32 Å². The van der Waals surface area contributed by atoms with Gasteiger partial charge in [-0.3, -0.25) is 4.68 Å². The van der Waals surface area contributed by atoms with Crippen molar-refractivity contribution in [3.05, 3.63) is 65.3 Å². The lowest BCUT2D eigenvalue weighted by Gasteiger charge is -2.05. The maximum absolute atomic E-state index is 4.47. The SMILES string of the molecule is CNC(C)c1ccc(-c2cnn(Cc3ccccc3)c2)s1. The summed E-state index contributed by atoms with van der Waals surface area (Å²) in [6.07, 6.45) is 4.06. The van der Waals surface area contributed by atoms with Crippen molar-refractivity contribution in [2.75, 3.05) is 7.05 Å². The van der Waals surface area contributed by atoms with Gasteiger partial charge in [0.25, 0.3) is 0 Å². The van der Waals surface area contributed by atoms with Gasteiger partial charge < -0.3 is 5.32 Å². The predicted molar refractivity (Wildman–Crippen MR) is 88.6 cm³/mol. The Hall–Kier alpha value is -1.91. The van der Waals surface area contributed by atoms with Gasteiger partial charge in [0.05, 0.1) is 12.7 Å². The molecule has 4 heteroatoms. The van der Waals surface area contributed by atoms with Gasteiger partial charge in [0.15, 0.2) is 0 Å². The fraction of sp³-hybridized carbons (Fsp3) is 0.235. The zero-order valence-corrected chi connectivity index (χ0v) is 13.1. The summed E-state index contributed by atoms with van der Waals surface area (Å²) in [5.74, 6) is 0. The average molecular weight is 297 g/mol. The Bertz CT molecular complexity index is 700. The molecular weight excluding hydrogens is 278 g/mol. The Kier molecular flexibility index (Phi) is 4.18. The number of hydrogen-bond acceptors (Lipinski definition) is 3. The molecule has 0 radical (unpaired) electrons. The van der Waals surface area contributed by atoms with E-state index in [1.807, 2.05) is 35.3 Å². The quantitative estimate of drug-likeness (QED) is 0.773. The van der Waals surface area contributed by atoms with Crippen molar-refractivity contribution in [2.45, 2.75) is 19.5 Å². The van der Waals surface area contributed by atoms with Gasteiger partial charge in [-0.2, -0.15) is 5.10 Å². The topological polar surface area (TPSA) is 29.9 Å². The molecule has 0 aliphatic carbocycles. The molecule has 1 N–H and O–H groups in total. The number of nitrogens with zero attached hydrogens (tertiary/aromatic N) is 2. The number of aromatic nitrogens is 2. The third kappa shape index (κ3) is 3.23. The minimum absolute atomic E-state index is 0.392. The minimum atomic E-state index is 0.392. The lowest BCUT2D eigenvalue weighted by Crippen LogP contribution is -2.10. The van der Waals surface area contributed by atoms with Gasteiger partial charge in [-0.05, 0) is 31.7 Å². The highest BCUT2D eigenvalue weighted by Crippen LogP contribution is 2.31. The summed E-state index contributed by atoms with van der Waals surface area (Å²) in [5, 5.41) is 7.74. The summed E-state index contributed by atoms with van der Waals surface area (Å²) >= 11 is 1.82. The van der Waals surface area contributed by atoms with E-state index in [0.717, 1.165) is 6.54 Å². The number of hydrogen-bond donors (Lipinski definition) is 1. The van der Waals surface area contributed by atoms with Crippen LogP contribution in [0, 0.1) is 0 Å². The van der Waals surface area contributed by atoms with Crippen molar-refractivity contribution in [1.82, 2.24) is 15.1 Å². The molecule has 3 aromatic rings. The summed E-state index contributed by atoms with van der Waals surface area (Å²) in [4.78, 5) is 2.62. The summed E-state index contributed by atoms with van der Waals surface area (Å²) in [6.45, 7) is 2.99. The second-order valence-corrected chi connectivity index (χ2v) is 6.24. The summed E-state index contributed by atoms with van der Waals surface area (Å²) in [5.41, 5.74) is 2.45. The Morgan fingerprint density at radius 2 is 2.00 bits per heavy atom. The molecule has 1 unspecified atom stereocenters. The van der Waals surface area contributed by atoms with Crippen LogP contribution in [0.1, 0.15) is 23.4 Å². The maximum atomic E-state index is 4.47. The summed E-state index contributed by atoms with van der Waals surface area (Å²) in [6, 6.07) is 15.2. The van der Waals surface area contributed by atoms with Gasteiger partial charge in [-0.15, -0.1) is 11.3 Å². The fourth-order valence-corrected chi connectivity index (χ4v) is 3.27. The highest BCUT2D eigenvalue weighted by atomic mass is 32.1. The maximum Gasteiger partial charge on any atom is 0.0659 e. The molecule has 0 bridgehead atoms. The van der Waals surface area contributed by atoms with Gasteiger partial charge in [0.2, 0.25) is 0 Å². The molecule has 0 saturated heterocycles. The third-order valence-electron chi connectivity index (χ3n) is 3.59. The normalized spacial score (nSPS) is 12.5. The first-order chi connectivity index (χ1) is 10.3. The van der Waals surface area contributed by atoms with E-state index in [-0.39, 0.29) is 0 Å². The first-order valence-corrected chi connectivity index (χ1v) is 7.91. The highest BCUT2D eigenvalue weighted by Gasteiger charge is 2.09. The van der Waals surface area contributed by atoms with Crippen molar-refractivity contribution >= 4 is 11.3 Å². The van der Waals surface area contributed by atoms with Crippen LogP contribution in [0.15, 0.2) is 54.9 Å². The largest absolute Gasteiger partial charge is 0.313 e. The van der Waals surface area contributed by atoms with Crippen molar-refractivity contribution in [3.8, 4) is 10.4 Å². The molecular formula is C17H19N3S. The fourth-order valence-electron chi connectivity index (χ4n) is 2.23. The third-order valence-corrected chi connectivity index (χ3v) is 4.91. The molecule has 0 amide bonds. The van der Waals surface area contributed by atoms with E-state index in [0.29, 0.717) is 6.04 Å². The monoisotopic (exact) mass is 297 g/mol. The van der Waals surface area contributed by atoms with Crippen LogP contribution in [-0.2, 0) is 6.54 Å². The first kappa shape index (κ1) is 14.0. The predicted octanol–water partition coefficient (Wildman–Crippen LogP) is 3.94. The van der Waals surface area contributed by atoms with Crippen LogP contribution >= 0.6 is 11.3 Å². The molecule has 0 spiro atoms. The van der Waals surface area contributed by atoms with Crippen LogP contribution in [0.4, 0.5) is 0 Å². The Morgan fingerprint density at radius 3 is 2.76 bits per heavy atom. The van der Waals surface area contributed by atoms with E-state index in [2.05, 4.69) is 59.9 Å². The van der Waals surface area contributed by atoms with E-state index < -0.39 is 0 Å². The Balaban J connectivity index is 1.77. The smallest absolute Gasteiger partial charge is 0.0659 e. The number of thiophene rings is 1. The van der Waals surface area contributed by atoms with E-state index in [4.69, 9.17) is 0 Å².